The van der Waals surface area contributed by atoms with E-state index in [-0.39, 0.29) is 5.91 Å². The predicted molar refractivity (Wildman–Crippen MR) is 84.4 cm³/mol. The lowest BCUT2D eigenvalue weighted by Gasteiger charge is -2.21. The number of carbonyl (C=O) groups is 1. The average Bonchev–Trinajstić information content (AvgIpc) is 2.37. The lowest BCUT2D eigenvalue weighted by molar-refractivity contribution is -0.121. The number of halogens is 2. The minimum atomic E-state index is 0.0777. The molecule has 0 radical (unpaired) electrons. The molecule has 2 nitrogen and oxygen atoms in total. The van der Waals surface area contributed by atoms with Crippen molar-refractivity contribution in [2.24, 2.45) is 0 Å². The Labute approximate surface area is 130 Å². The Balaban J connectivity index is 1.85. The molecule has 1 fully saturated rings. The molecule has 0 atom stereocenters. The van der Waals surface area contributed by atoms with Gasteiger partial charge in [0.15, 0.2) is 0 Å². The number of benzene rings is 1. The van der Waals surface area contributed by atoms with Gasteiger partial charge in [-0.2, -0.15) is 0 Å². The predicted octanol–water partition coefficient (Wildman–Crippen LogP) is 4.77. The van der Waals surface area contributed by atoms with Crippen molar-refractivity contribution in [1.29, 1.82) is 0 Å². The summed E-state index contributed by atoms with van der Waals surface area (Å²) < 4.78 is 0. The Morgan fingerprint density at radius 1 is 1.05 bits per heavy atom. The molecule has 1 aliphatic carbocycles. The van der Waals surface area contributed by atoms with Gasteiger partial charge in [0.2, 0.25) is 5.91 Å². The fourth-order valence-corrected chi connectivity index (χ4v) is 3.03. The zero-order chi connectivity index (χ0) is 14.4. The quantitative estimate of drug-likeness (QED) is 0.856. The molecule has 20 heavy (non-hydrogen) atoms. The van der Waals surface area contributed by atoms with Crippen LogP contribution in [0.5, 0.6) is 0 Å². The highest BCUT2D eigenvalue weighted by atomic mass is 35.5. The Hall–Kier alpha value is -0.730. The molecule has 0 heterocycles. The second kappa shape index (κ2) is 7.90. The normalized spacial score (nSPS) is 17.3. The largest absolute Gasteiger partial charge is 0.353 e. The zero-order valence-corrected chi connectivity index (χ0v) is 13.1. The van der Waals surface area contributed by atoms with Gasteiger partial charge in [-0.3, -0.25) is 4.79 Å². The van der Waals surface area contributed by atoms with E-state index >= 15 is 0 Å². The van der Waals surface area contributed by atoms with Gasteiger partial charge in [0, 0.05) is 6.04 Å². The standard InChI is InChI=1S/C16H21Cl2NO/c17-14-9-8-12(10-15(14)18)11-16(20)19-13-6-4-2-1-3-5-7-13/h8-10,13H,1-7,11H2,(H,19,20). The molecule has 0 aromatic heterocycles. The van der Waals surface area contributed by atoms with Gasteiger partial charge in [-0.15, -0.1) is 0 Å². The molecule has 1 aromatic carbocycles. The van der Waals surface area contributed by atoms with E-state index in [0.717, 1.165) is 18.4 Å². The molecule has 0 unspecified atom stereocenters. The number of amides is 1. The maximum Gasteiger partial charge on any atom is 0.224 e. The third-order valence-corrected chi connectivity index (χ3v) is 4.56. The minimum Gasteiger partial charge on any atom is -0.353 e. The van der Waals surface area contributed by atoms with Crippen molar-refractivity contribution in [2.45, 2.75) is 57.4 Å². The monoisotopic (exact) mass is 313 g/mol. The highest BCUT2D eigenvalue weighted by molar-refractivity contribution is 6.42. The van der Waals surface area contributed by atoms with Crippen molar-refractivity contribution in [1.82, 2.24) is 5.32 Å². The minimum absolute atomic E-state index is 0.0777. The first-order valence-electron chi connectivity index (χ1n) is 7.38. The van der Waals surface area contributed by atoms with Crippen molar-refractivity contribution in [3.63, 3.8) is 0 Å². The van der Waals surface area contributed by atoms with Crippen LogP contribution in [0.4, 0.5) is 0 Å². The van der Waals surface area contributed by atoms with E-state index in [0.29, 0.717) is 22.5 Å². The first kappa shape index (κ1) is 15.7. The van der Waals surface area contributed by atoms with Gasteiger partial charge in [0.05, 0.1) is 16.5 Å². The number of rotatable bonds is 3. The maximum absolute atomic E-state index is 12.1. The van der Waals surface area contributed by atoms with Crippen LogP contribution in [0.1, 0.15) is 50.5 Å². The molecule has 0 spiro atoms. The molecule has 1 aliphatic rings. The Bertz CT molecular complexity index is 454. The fourth-order valence-electron chi connectivity index (χ4n) is 2.71. The average molecular weight is 314 g/mol. The SMILES string of the molecule is O=C(Cc1ccc(Cl)c(Cl)c1)NC1CCCCCCC1. The van der Waals surface area contributed by atoms with Crippen LogP contribution in [0.3, 0.4) is 0 Å². The summed E-state index contributed by atoms with van der Waals surface area (Å²) >= 11 is 11.8. The molecular formula is C16H21Cl2NO. The number of carbonyl (C=O) groups excluding carboxylic acids is 1. The van der Waals surface area contributed by atoms with Crippen molar-refractivity contribution in [2.75, 3.05) is 0 Å². The molecule has 1 aromatic rings. The first-order chi connectivity index (χ1) is 9.65. The van der Waals surface area contributed by atoms with Crippen LogP contribution in [0.25, 0.3) is 0 Å². The summed E-state index contributed by atoms with van der Waals surface area (Å²) in [7, 11) is 0. The maximum atomic E-state index is 12.1. The highest BCUT2D eigenvalue weighted by Crippen LogP contribution is 2.23. The highest BCUT2D eigenvalue weighted by Gasteiger charge is 2.14. The summed E-state index contributed by atoms with van der Waals surface area (Å²) in [4.78, 5) is 12.1. The second-order valence-corrected chi connectivity index (χ2v) is 6.35. The van der Waals surface area contributed by atoms with Crippen LogP contribution >= 0.6 is 23.2 Å². The van der Waals surface area contributed by atoms with E-state index in [1.807, 2.05) is 6.07 Å². The molecule has 4 heteroatoms. The summed E-state index contributed by atoms with van der Waals surface area (Å²) in [5.41, 5.74) is 0.905. The van der Waals surface area contributed by atoms with Gasteiger partial charge in [-0.05, 0) is 30.5 Å². The summed E-state index contributed by atoms with van der Waals surface area (Å²) in [6, 6.07) is 5.70. The van der Waals surface area contributed by atoms with E-state index in [1.54, 1.807) is 12.1 Å². The Morgan fingerprint density at radius 2 is 1.70 bits per heavy atom. The van der Waals surface area contributed by atoms with E-state index < -0.39 is 0 Å². The van der Waals surface area contributed by atoms with E-state index in [2.05, 4.69) is 5.32 Å². The van der Waals surface area contributed by atoms with Gasteiger partial charge in [-0.1, -0.05) is 61.4 Å². The van der Waals surface area contributed by atoms with Gasteiger partial charge in [-0.25, -0.2) is 0 Å². The molecule has 0 saturated heterocycles. The number of nitrogens with one attached hydrogen (secondary N) is 1. The Kier molecular flexibility index (Phi) is 6.18. The molecule has 1 amide bonds. The lowest BCUT2D eigenvalue weighted by Crippen LogP contribution is -2.36. The molecule has 2 rings (SSSR count). The van der Waals surface area contributed by atoms with Crippen LogP contribution in [0, 0.1) is 0 Å². The van der Waals surface area contributed by atoms with E-state index in [9.17, 15) is 4.79 Å². The summed E-state index contributed by atoms with van der Waals surface area (Å²) in [5, 5.41) is 4.18. The Morgan fingerprint density at radius 3 is 2.35 bits per heavy atom. The van der Waals surface area contributed by atoms with Crippen molar-refractivity contribution < 1.29 is 4.79 Å². The molecule has 110 valence electrons. The van der Waals surface area contributed by atoms with Gasteiger partial charge in [0.25, 0.3) is 0 Å². The molecule has 0 bridgehead atoms. The molecular weight excluding hydrogens is 293 g/mol. The zero-order valence-electron chi connectivity index (χ0n) is 11.6. The first-order valence-corrected chi connectivity index (χ1v) is 8.14. The lowest BCUT2D eigenvalue weighted by atomic mass is 9.96. The van der Waals surface area contributed by atoms with Gasteiger partial charge in [0.1, 0.15) is 0 Å². The topological polar surface area (TPSA) is 29.1 Å². The number of hydrogen-bond donors (Lipinski definition) is 1. The molecule has 1 saturated carbocycles. The summed E-state index contributed by atoms with van der Waals surface area (Å²) in [6.07, 6.45) is 8.94. The van der Waals surface area contributed by atoms with E-state index in [1.165, 1.54) is 32.1 Å². The van der Waals surface area contributed by atoms with Gasteiger partial charge < -0.3 is 5.32 Å². The van der Waals surface area contributed by atoms with E-state index in [4.69, 9.17) is 23.2 Å². The van der Waals surface area contributed by atoms with Crippen LogP contribution < -0.4 is 5.32 Å². The summed E-state index contributed by atoms with van der Waals surface area (Å²) in [5.74, 6) is 0.0777. The van der Waals surface area contributed by atoms with Crippen LogP contribution in [0.2, 0.25) is 10.0 Å². The van der Waals surface area contributed by atoms with Crippen molar-refractivity contribution in [3.05, 3.63) is 33.8 Å². The van der Waals surface area contributed by atoms with Crippen LogP contribution in [0.15, 0.2) is 18.2 Å². The smallest absolute Gasteiger partial charge is 0.224 e. The molecule has 0 aliphatic heterocycles. The van der Waals surface area contributed by atoms with Crippen molar-refractivity contribution >= 4 is 29.1 Å². The number of hydrogen-bond acceptors (Lipinski definition) is 1. The third-order valence-electron chi connectivity index (χ3n) is 3.82. The summed E-state index contributed by atoms with van der Waals surface area (Å²) in [6.45, 7) is 0. The van der Waals surface area contributed by atoms with Crippen LogP contribution in [-0.2, 0) is 11.2 Å². The fraction of sp³-hybridized carbons (Fsp3) is 0.562. The molecule has 1 N–H and O–H groups in total. The van der Waals surface area contributed by atoms with Crippen molar-refractivity contribution in [3.8, 4) is 0 Å². The van der Waals surface area contributed by atoms with Crippen LogP contribution in [-0.4, -0.2) is 11.9 Å². The second-order valence-electron chi connectivity index (χ2n) is 5.53. The third kappa shape index (κ3) is 4.99. The van der Waals surface area contributed by atoms with Gasteiger partial charge >= 0.3 is 0 Å².